The first-order chi connectivity index (χ1) is 15.1. The fraction of sp³-hybridized carbons (Fsp3) is 0.318. The van der Waals surface area contributed by atoms with Gasteiger partial charge in [-0.3, -0.25) is 14.7 Å². The minimum absolute atomic E-state index is 0.0399. The Labute approximate surface area is 184 Å². The van der Waals surface area contributed by atoms with E-state index >= 15 is 0 Å². The molecular weight excluding hydrogens is 414 g/mol. The minimum atomic E-state index is -0.278. The molecule has 0 atom stereocenters. The molecule has 0 radical (unpaired) electrons. The number of hydrogen-bond donors (Lipinski definition) is 2. The van der Waals surface area contributed by atoms with E-state index in [1.54, 1.807) is 17.4 Å². The van der Waals surface area contributed by atoms with Crippen molar-refractivity contribution in [2.24, 2.45) is 0 Å². The van der Waals surface area contributed by atoms with Crippen LogP contribution >= 0.6 is 11.3 Å². The van der Waals surface area contributed by atoms with Crippen molar-refractivity contribution in [3.8, 4) is 10.6 Å². The molecular formula is C22H25N5O3S. The van der Waals surface area contributed by atoms with E-state index in [4.69, 9.17) is 4.74 Å². The smallest absolute Gasteiger partial charge is 0.274 e. The van der Waals surface area contributed by atoms with Crippen LogP contribution in [0, 0.1) is 0 Å². The number of nitrogens with zero attached hydrogens (tertiary/aromatic N) is 3. The molecule has 162 valence electrons. The summed E-state index contributed by atoms with van der Waals surface area (Å²) in [6.45, 7) is 5.38. The van der Waals surface area contributed by atoms with Crippen molar-refractivity contribution in [2.45, 2.75) is 6.92 Å². The molecule has 0 saturated carbocycles. The number of anilines is 2. The highest BCUT2D eigenvalue weighted by atomic mass is 32.1. The number of carbonyl (C=O) groups is 2. The van der Waals surface area contributed by atoms with Crippen molar-refractivity contribution in [1.29, 1.82) is 0 Å². The Kier molecular flexibility index (Phi) is 6.63. The Morgan fingerprint density at radius 1 is 1.23 bits per heavy atom. The fourth-order valence-corrected chi connectivity index (χ4v) is 4.12. The van der Waals surface area contributed by atoms with Gasteiger partial charge >= 0.3 is 0 Å². The summed E-state index contributed by atoms with van der Waals surface area (Å²) in [5.41, 5.74) is 2.89. The monoisotopic (exact) mass is 439 g/mol. The molecule has 4 rings (SSSR count). The van der Waals surface area contributed by atoms with E-state index in [9.17, 15) is 9.59 Å². The third-order valence-electron chi connectivity index (χ3n) is 5.11. The normalized spacial score (nSPS) is 13.8. The van der Waals surface area contributed by atoms with Crippen molar-refractivity contribution in [2.75, 3.05) is 49.6 Å². The second kappa shape index (κ2) is 9.76. The molecule has 0 aliphatic carbocycles. The molecule has 0 unspecified atom stereocenters. The molecule has 2 aromatic heterocycles. The molecule has 1 fully saturated rings. The fourth-order valence-electron chi connectivity index (χ4n) is 3.43. The number of carbonyl (C=O) groups excluding carboxylic acids is 2. The van der Waals surface area contributed by atoms with Gasteiger partial charge in [0.2, 0.25) is 5.91 Å². The number of hydrogen-bond acceptors (Lipinski definition) is 6. The number of amides is 2. The summed E-state index contributed by atoms with van der Waals surface area (Å²) >= 11 is 1.57. The van der Waals surface area contributed by atoms with E-state index in [-0.39, 0.29) is 18.4 Å². The highest BCUT2D eigenvalue weighted by Gasteiger charge is 2.21. The van der Waals surface area contributed by atoms with Crippen molar-refractivity contribution < 1.29 is 14.3 Å². The number of ether oxygens (including phenoxy) is 1. The first-order valence-electron chi connectivity index (χ1n) is 10.2. The second-order valence-corrected chi connectivity index (χ2v) is 8.11. The first-order valence-corrected chi connectivity index (χ1v) is 11.1. The van der Waals surface area contributed by atoms with Crippen LogP contribution in [0.4, 0.5) is 11.4 Å². The molecule has 1 aliphatic heterocycles. The molecule has 1 saturated heterocycles. The molecule has 3 heterocycles. The predicted molar refractivity (Wildman–Crippen MR) is 122 cm³/mol. The van der Waals surface area contributed by atoms with E-state index in [2.05, 4.69) is 20.4 Å². The molecule has 1 aromatic carbocycles. The first kappa shape index (κ1) is 21.1. The highest BCUT2D eigenvalue weighted by molar-refractivity contribution is 7.13. The minimum Gasteiger partial charge on any atom is -0.378 e. The van der Waals surface area contributed by atoms with Gasteiger partial charge in [-0.1, -0.05) is 6.07 Å². The van der Waals surface area contributed by atoms with E-state index in [1.165, 1.54) is 4.90 Å². The standard InChI is InChI=1S/C22H25N5O3S/c1-2-26(22(29)19-14-18(24-25-19)20-4-3-13-31-20)15-21(28)23-16-5-7-17(8-6-16)27-9-11-30-12-10-27/h3-8,13-14H,2,9-12,15H2,1H3,(H,23,28)(H,24,25). The maximum Gasteiger partial charge on any atom is 0.274 e. The predicted octanol–water partition coefficient (Wildman–Crippen LogP) is 3.08. The zero-order valence-corrected chi connectivity index (χ0v) is 18.2. The Morgan fingerprint density at radius 2 is 2.00 bits per heavy atom. The number of aromatic amines is 1. The number of thiophene rings is 1. The third kappa shape index (κ3) is 5.12. The number of H-pyrrole nitrogens is 1. The molecule has 31 heavy (non-hydrogen) atoms. The van der Waals surface area contributed by atoms with Crippen LogP contribution in [0.3, 0.4) is 0 Å². The molecule has 8 nitrogen and oxygen atoms in total. The van der Waals surface area contributed by atoms with Crippen LogP contribution in [0.15, 0.2) is 47.8 Å². The van der Waals surface area contributed by atoms with Gasteiger partial charge < -0.3 is 19.9 Å². The van der Waals surface area contributed by atoms with Gasteiger partial charge in [0.1, 0.15) is 6.54 Å². The number of aromatic nitrogens is 2. The average molecular weight is 440 g/mol. The van der Waals surface area contributed by atoms with E-state index in [0.29, 0.717) is 17.9 Å². The van der Waals surface area contributed by atoms with Gasteiger partial charge in [0.05, 0.1) is 23.8 Å². The number of morpholine rings is 1. The summed E-state index contributed by atoms with van der Waals surface area (Å²) < 4.78 is 5.38. The number of rotatable bonds is 7. The van der Waals surface area contributed by atoms with Crippen molar-refractivity contribution in [3.63, 3.8) is 0 Å². The SMILES string of the molecule is CCN(CC(=O)Nc1ccc(N2CCOCC2)cc1)C(=O)c1cc(-c2cccs2)[nH]n1. The van der Waals surface area contributed by atoms with Crippen molar-refractivity contribution in [1.82, 2.24) is 15.1 Å². The van der Waals surface area contributed by atoms with E-state index < -0.39 is 0 Å². The lowest BCUT2D eigenvalue weighted by atomic mass is 10.2. The van der Waals surface area contributed by atoms with Crippen LogP contribution in [0.2, 0.25) is 0 Å². The number of nitrogens with one attached hydrogen (secondary N) is 2. The molecule has 1 aliphatic rings. The lowest BCUT2D eigenvalue weighted by Crippen LogP contribution is -2.38. The zero-order valence-electron chi connectivity index (χ0n) is 17.3. The van der Waals surface area contributed by atoms with Gasteiger partial charge in [0, 0.05) is 31.0 Å². The van der Waals surface area contributed by atoms with Gasteiger partial charge in [0.15, 0.2) is 5.69 Å². The average Bonchev–Trinajstić information content (AvgIpc) is 3.50. The Hall–Kier alpha value is -3.17. The summed E-state index contributed by atoms with van der Waals surface area (Å²) in [6, 6.07) is 13.3. The van der Waals surface area contributed by atoms with Gasteiger partial charge in [-0.2, -0.15) is 5.10 Å². The largest absolute Gasteiger partial charge is 0.378 e. The lowest BCUT2D eigenvalue weighted by Gasteiger charge is -2.29. The molecule has 3 aromatic rings. The lowest BCUT2D eigenvalue weighted by molar-refractivity contribution is -0.116. The summed E-state index contributed by atoms with van der Waals surface area (Å²) in [5, 5.41) is 11.9. The molecule has 0 bridgehead atoms. The topological polar surface area (TPSA) is 90.6 Å². The maximum absolute atomic E-state index is 12.8. The quantitative estimate of drug-likeness (QED) is 0.590. The van der Waals surface area contributed by atoms with Gasteiger partial charge in [-0.05, 0) is 48.7 Å². The number of likely N-dealkylation sites (N-methyl/N-ethyl adjacent to an activating group) is 1. The summed E-state index contributed by atoms with van der Waals surface area (Å²) in [6.07, 6.45) is 0. The second-order valence-electron chi connectivity index (χ2n) is 7.16. The molecule has 0 spiro atoms. The van der Waals surface area contributed by atoms with Gasteiger partial charge in [-0.25, -0.2) is 0 Å². The van der Waals surface area contributed by atoms with Crippen LogP contribution in [-0.2, 0) is 9.53 Å². The van der Waals surface area contributed by atoms with Gasteiger partial charge in [-0.15, -0.1) is 11.3 Å². The maximum atomic E-state index is 12.8. The zero-order chi connectivity index (χ0) is 21.6. The highest BCUT2D eigenvalue weighted by Crippen LogP contribution is 2.23. The van der Waals surface area contributed by atoms with Crippen LogP contribution in [0.1, 0.15) is 17.4 Å². The van der Waals surface area contributed by atoms with Gasteiger partial charge in [0.25, 0.3) is 5.91 Å². The van der Waals surface area contributed by atoms with Crippen molar-refractivity contribution >= 4 is 34.5 Å². The Bertz CT molecular complexity index is 1010. The van der Waals surface area contributed by atoms with E-state index in [0.717, 1.165) is 42.6 Å². The molecule has 9 heteroatoms. The number of benzene rings is 1. The summed E-state index contributed by atoms with van der Waals surface area (Å²) in [7, 11) is 0. The summed E-state index contributed by atoms with van der Waals surface area (Å²) in [4.78, 5) is 30.1. The van der Waals surface area contributed by atoms with Crippen LogP contribution in [-0.4, -0.2) is 66.3 Å². The van der Waals surface area contributed by atoms with E-state index in [1.807, 2.05) is 48.7 Å². The Balaban J connectivity index is 1.34. The van der Waals surface area contributed by atoms with Crippen LogP contribution in [0.25, 0.3) is 10.6 Å². The van der Waals surface area contributed by atoms with Crippen molar-refractivity contribution in [3.05, 3.63) is 53.5 Å². The third-order valence-corrected chi connectivity index (χ3v) is 6.02. The van der Waals surface area contributed by atoms with Crippen LogP contribution in [0.5, 0.6) is 0 Å². The Morgan fingerprint density at radius 3 is 2.68 bits per heavy atom. The molecule has 2 amide bonds. The van der Waals surface area contributed by atoms with Crippen LogP contribution < -0.4 is 10.2 Å². The molecule has 2 N–H and O–H groups in total. The summed E-state index contributed by atoms with van der Waals surface area (Å²) in [5.74, 6) is -0.525.